The van der Waals surface area contributed by atoms with E-state index < -0.39 is 5.60 Å². The molecule has 1 amide bonds. The van der Waals surface area contributed by atoms with Crippen molar-refractivity contribution in [3.8, 4) is 0 Å². The fraction of sp³-hybridized carbons (Fsp3) is 0.917. The van der Waals surface area contributed by atoms with E-state index in [1.807, 2.05) is 20.8 Å². The fourth-order valence-electron chi connectivity index (χ4n) is 2.63. The number of nitrogens with zero attached hydrogens (tertiary/aromatic N) is 1. The van der Waals surface area contributed by atoms with Crippen LogP contribution in [0.5, 0.6) is 0 Å². The van der Waals surface area contributed by atoms with E-state index in [0.717, 1.165) is 19.6 Å². The Morgan fingerprint density at radius 2 is 2.18 bits per heavy atom. The highest BCUT2D eigenvalue weighted by Crippen LogP contribution is 2.34. The molecule has 5 heteroatoms. The van der Waals surface area contributed by atoms with E-state index in [0.29, 0.717) is 12.5 Å². The summed E-state index contributed by atoms with van der Waals surface area (Å²) in [4.78, 5) is 13.7. The number of carbonyl (C=O) groups is 1. The Morgan fingerprint density at radius 3 is 2.71 bits per heavy atom. The van der Waals surface area contributed by atoms with E-state index in [1.165, 1.54) is 0 Å². The highest BCUT2D eigenvalue weighted by Gasteiger charge is 2.52. The molecular formula is C12H22N2O3. The summed E-state index contributed by atoms with van der Waals surface area (Å²) in [6, 6.07) is 0. The maximum absolute atomic E-state index is 12.0. The first-order valence-electron chi connectivity index (χ1n) is 6.10. The largest absolute Gasteiger partial charge is 0.444 e. The van der Waals surface area contributed by atoms with Crippen molar-refractivity contribution >= 4 is 6.09 Å². The second-order valence-corrected chi connectivity index (χ2v) is 5.96. The minimum Gasteiger partial charge on any atom is -0.444 e. The topological polar surface area (TPSA) is 50.8 Å². The SMILES string of the molecule is COC12CNCC1CN(C(=O)OC(C)(C)C)C2. The number of hydrogen-bond acceptors (Lipinski definition) is 4. The van der Waals surface area contributed by atoms with Crippen molar-refractivity contribution in [1.29, 1.82) is 0 Å². The van der Waals surface area contributed by atoms with Crippen LogP contribution in [0, 0.1) is 5.92 Å². The lowest BCUT2D eigenvalue weighted by atomic mass is 9.95. The van der Waals surface area contributed by atoms with Crippen LogP contribution >= 0.6 is 0 Å². The molecule has 17 heavy (non-hydrogen) atoms. The van der Waals surface area contributed by atoms with E-state index in [9.17, 15) is 4.79 Å². The molecule has 0 aromatic heterocycles. The van der Waals surface area contributed by atoms with E-state index in [-0.39, 0.29) is 11.7 Å². The molecular weight excluding hydrogens is 220 g/mol. The molecule has 2 aliphatic heterocycles. The number of methoxy groups -OCH3 is 1. The normalized spacial score (nSPS) is 32.7. The van der Waals surface area contributed by atoms with Gasteiger partial charge in [0.2, 0.25) is 0 Å². The van der Waals surface area contributed by atoms with Crippen molar-refractivity contribution in [2.75, 3.05) is 33.3 Å². The van der Waals surface area contributed by atoms with E-state index in [2.05, 4.69) is 5.32 Å². The predicted molar refractivity (Wildman–Crippen MR) is 63.9 cm³/mol. The molecule has 2 heterocycles. The second kappa shape index (κ2) is 4.14. The molecule has 2 aliphatic rings. The van der Waals surface area contributed by atoms with Gasteiger partial charge in [0.1, 0.15) is 11.2 Å². The number of carbonyl (C=O) groups excluding carboxylic acids is 1. The maximum Gasteiger partial charge on any atom is 0.410 e. The molecule has 0 spiro atoms. The summed E-state index contributed by atoms with van der Waals surface area (Å²) in [6.45, 7) is 8.72. The van der Waals surface area contributed by atoms with Gasteiger partial charge in [-0.05, 0) is 20.8 Å². The molecule has 2 fully saturated rings. The molecule has 1 N–H and O–H groups in total. The molecule has 2 rings (SSSR count). The van der Waals surface area contributed by atoms with Gasteiger partial charge in [0.15, 0.2) is 0 Å². The summed E-state index contributed by atoms with van der Waals surface area (Å²) < 4.78 is 11.0. The number of hydrogen-bond donors (Lipinski definition) is 1. The average Bonchev–Trinajstić information content (AvgIpc) is 2.70. The standard InChI is InChI=1S/C12H22N2O3/c1-11(2,3)17-10(15)14-6-9-5-13-7-12(9,8-14)16-4/h9,13H,5-8H2,1-4H3. The van der Waals surface area contributed by atoms with Gasteiger partial charge in [0.05, 0.1) is 6.54 Å². The summed E-state index contributed by atoms with van der Waals surface area (Å²) in [5.74, 6) is 0.375. The van der Waals surface area contributed by atoms with Crippen LogP contribution in [0.25, 0.3) is 0 Å². The molecule has 0 aromatic carbocycles. The number of nitrogens with one attached hydrogen (secondary N) is 1. The fourth-order valence-corrected chi connectivity index (χ4v) is 2.63. The average molecular weight is 242 g/mol. The van der Waals surface area contributed by atoms with Crippen molar-refractivity contribution in [2.45, 2.75) is 32.0 Å². The number of likely N-dealkylation sites (tertiary alicyclic amines) is 1. The first-order chi connectivity index (χ1) is 7.86. The number of amides is 1. The molecule has 0 bridgehead atoms. The zero-order chi connectivity index (χ0) is 12.7. The summed E-state index contributed by atoms with van der Waals surface area (Å²) in [6.07, 6.45) is -0.233. The van der Waals surface area contributed by atoms with E-state index in [4.69, 9.17) is 9.47 Å². The van der Waals surface area contributed by atoms with E-state index in [1.54, 1.807) is 12.0 Å². The Balaban J connectivity index is 2.00. The Hall–Kier alpha value is -0.810. The van der Waals surface area contributed by atoms with Gasteiger partial charge in [-0.3, -0.25) is 0 Å². The van der Waals surface area contributed by atoms with Crippen molar-refractivity contribution in [3.05, 3.63) is 0 Å². The van der Waals surface area contributed by atoms with Crippen molar-refractivity contribution < 1.29 is 14.3 Å². The summed E-state index contributed by atoms with van der Waals surface area (Å²) in [5, 5.41) is 3.32. The highest BCUT2D eigenvalue weighted by atomic mass is 16.6. The summed E-state index contributed by atoms with van der Waals surface area (Å²) >= 11 is 0. The van der Waals surface area contributed by atoms with Crippen LogP contribution in [0.15, 0.2) is 0 Å². The minimum absolute atomic E-state index is 0.211. The molecule has 2 unspecified atom stereocenters. The molecule has 0 aromatic rings. The molecule has 0 saturated carbocycles. The van der Waals surface area contributed by atoms with Gasteiger partial charge >= 0.3 is 6.09 Å². The summed E-state index contributed by atoms with van der Waals surface area (Å²) in [5.41, 5.74) is -0.649. The monoisotopic (exact) mass is 242 g/mol. The first-order valence-corrected chi connectivity index (χ1v) is 6.10. The highest BCUT2D eigenvalue weighted by molar-refractivity contribution is 5.69. The Morgan fingerprint density at radius 1 is 1.47 bits per heavy atom. The van der Waals surface area contributed by atoms with Gasteiger partial charge in [-0.25, -0.2) is 4.79 Å². The minimum atomic E-state index is -0.437. The zero-order valence-electron chi connectivity index (χ0n) is 11.1. The van der Waals surface area contributed by atoms with Crippen LogP contribution in [-0.4, -0.2) is 55.5 Å². The van der Waals surface area contributed by atoms with Crippen LogP contribution in [0.1, 0.15) is 20.8 Å². The van der Waals surface area contributed by atoms with Gasteiger partial charge in [0.25, 0.3) is 0 Å². The smallest absolute Gasteiger partial charge is 0.410 e. The van der Waals surface area contributed by atoms with Gasteiger partial charge in [-0.15, -0.1) is 0 Å². The van der Waals surface area contributed by atoms with Gasteiger partial charge in [0, 0.05) is 32.7 Å². The third-order valence-electron chi connectivity index (χ3n) is 3.52. The van der Waals surface area contributed by atoms with Crippen LogP contribution in [-0.2, 0) is 9.47 Å². The molecule has 2 atom stereocenters. The third-order valence-corrected chi connectivity index (χ3v) is 3.52. The zero-order valence-corrected chi connectivity index (χ0v) is 11.1. The lowest BCUT2D eigenvalue weighted by Gasteiger charge is -2.27. The second-order valence-electron chi connectivity index (χ2n) is 5.96. The maximum atomic E-state index is 12.0. The van der Waals surface area contributed by atoms with Gasteiger partial charge < -0.3 is 19.7 Å². The number of ether oxygens (including phenoxy) is 2. The number of rotatable bonds is 1. The van der Waals surface area contributed by atoms with Crippen LogP contribution in [0.4, 0.5) is 4.79 Å². The quantitative estimate of drug-likeness (QED) is 0.740. The third kappa shape index (κ3) is 2.40. The van der Waals surface area contributed by atoms with Crippen LogP contribution in [0.3, 0.4) is 0 Å². The molecule has 0 radical (unpaired) electrons. The Labute approximate surface area is 102 Å². The predicted octanol–water partition coefficient (Wildman–Crippen LogP) is 0.842. The Bertz CT molecular complexity index is 313. The Kier molecular flexibility index (Phi) is 3.08. The van der Waals surface area contributed by atoms with Crippen LogP contribution in [0.2, 0.25) is 0 Å². The lowest BCUT2D eigenvalue weighted by Crippen LogP contribution is -2.43. The van der Waals surface area contributed by atoms with Gasteiger partial charge in [-0.1, -0.05) is 0 Å². The number of fused-ring (bicyclic) bond motifs is 1. The van der Waals surface area contributed by atoms with Gasteiger partial charge in [-0.2, -0.15) is 0 Å². The van der Waals surface area contributed by atoms with Crippen molar-refractivity contribution in [3.63, 3.8) is 0 Å². The lowest BCUT2D eigenvalue weighted by molar-refractivity contribution is -0.0112. The molecule has 2 saturated heterocycles. The molecule has 0 aliphatic carbocycles. The molecule has 5 nitrogen and oxygen atoms in total. The summed E-state index contributed by atoms with van der Waals surface area (Å²) in [7, 11) is 1.72. The van der Waals surface area contributed by atoms with Crippen molar-refractivity contribution in [2.24, 2.45) is 5.92 Å². The molecule has 98 valence electrons. The van der Waals surface area contributed by atoms with E-state index >= 15 is 0 Å². The first kappa shape index (κ1) is 12.6. The van der Waals surface area contributed by atoms with Crippen molar-refractivity contribution in [1.82, 2.24) is 10.2 Å². The van der Waals surface area contributed by atoms with Crippen LogP contribution < -0.4 is 5.32 Å².